The van der Waals surface area contributed by atoms with Gasteiger partial charge in [-0.3, -0.25) is 9.69 Å². The van der Waals surface area contributed by atoms with Gasteiger partial charge in [-0.05, 0) is 32.4 Å². The van der Waals surface area contributed by atoms with Gasteiger partial charge in [0.15, 0.2) is 0 Å². The van der Waals surface area contributed by atoms with Crippen molar-refractivity contribution in [2.45, 2.75) is 38.8 Å². The van der Waals surface area contributed by atoms with Gasteiger partial charge in [-0.15, -0.1) is 0 Å². The molecule has 0 spiro atoms. The van der Waals surface area contributed by atoms with Gasteiger partial charge in [0, 0.05) is 43.2 Å². The van der Waals surface area contributed by atoms with E-state index >= 15 is 0 Å². The van der Waals surface area contributed by atoms with Crippen molar-refractivity contribution in [3.05, 3.63) is 46.8 Å². The van der Waals surface area contributed by atoms with Crippen LogP contribution in [0.3, 0.4) is 0 Å². The van der Waals surface area contributed by atoms with E-state index in [0.29, 0.717) is 12.6 Å². The molecule has 1 unspecified atom stereocenters. The van der Waals surface area contributed by atoms with Gasteiger partial charge >= 0.3 is 0 Å². The highest BCUT2D eigenvalue weighted by molar-refractivity contribution is 5.34. The number of nitrogens with zero attached hydrogens (tertiary/aromatic N) is 5. The minimum absolute atomic E-state index is 0.0411. The van der Waals surface area contributed by atoms with Gasteiger partial charge in [0.25, 0.3) is 5.56 Å². The highest BCUT2D eigenvalue weighted by Gasteiger charge is 2.22. The van der Waals surface area contributed by atoms with E-state index in [2.05, 4.69) is 25.3 Å². The molecule has 2 aromatic heterocycles. The number of likely N-dealkylation sites (tertiary alicyclic amines) is 1. The Hall–Kier alpha value is -2.28. The quantitative estimate of drug-likeness (QED) is 0.862. The van der Waals surface area contributed by atoms with E-state index in [1.54, 1.807) is 24.7 Å². The van der Waals surface area contributed by atoms with Crippen molar-refractivity contribution in [3.8, 4) is 0 Å². The number of hydrogen-bond donors (Lipinski definition) is 1. The molecular formula is C17H24N6O. The molecule has 1 saturated heterocycles. The first-order chi connectivity index (χ1) is 11.7. The van der Waals surface area contributed by atoms with Crippen LogP contribution in [0, 0.1) is 6.92 Å². The Labute approximate surface area is 141 Å². The Morgan fingerprint density at radius 2 is 2.21 bits per heavy atom. The fourth-order valence-corrected chi connectivity index (χ4v) is 3.14. The second kappa shape index (κ2) is 8.01. The topological polar surface area (TPSA) is 75.9 Å². The Kier molecular flexibility index (Phi) is 5.53. The summed E-state index contributed by atoms with van der Waals surface area (Å²) >= 11 is 0. The first kappa shape index (κ1) is 16.6. The van der Waals surface area contributed by atoms with Crippen LogP contribution in [0.15, 0.2) is 35.5 Å². The highest BCUT2D eigenvalue weighted by atomic mass is 16.1. The van der Waals surface area contributed by atoms with Crippen molar-refractivity contribution in [2.24, 2.45) is 0 Å². The van der Waals surface area contributed by atoms with Crippen molar-refractivity contribution in [3.63, 3.8) is 0 Å². The first-order valence-corrected chi connectivity index (χ1v) is 8.51. The number of aryl methyl sites for hydroxylation is 1. The van der Waals surface area contributed by atoms with Crippen LogP contribution in [0.1, 0.15) is 25.0 Å². The molecule has 0 aromatic carbocycles. The van der Waals surface area contributed by atoms with Crippen LogP contribution in [-0.2, 0) is 6.54 Å². The SMILES string of the molecule is Cc1cc(NCC2CCCCN2CCn2ncccc2=O)ncn1. The summed E-state index contributed by atoms with van der Waals surface area (Å²) in [5.41, 5.74) is 0.920. The van der Waals surface area contributed by atoms with Gasteiger partial charge in [-0.25, -0.2) is 14.6 Å². The monoisotopic (exact) mass is 328 g/mol. The number of rotatable bonds is 6. The van der Waals surface area contributed by atoms with E-state index in [1.807, 2.05) is 13.0 Å². The van der Waals surface area contributed by atoms with Crippen LogP contribution < -0.4 is 10.9 Å². The number of aromatic nitrogens is 4. The number of anilines is 1. The van der Waals surface area contributed by atoms with Crippen LogP contribution in [0.25, 0.3) is 0 Å². The summed E-state index contributed by atoms with van der Waals surface area (Å²) in [4.78, 5) is 22.6. The number of hydrogen-bond acceptors (Lipinski definition) is 6. The Bertz CT molecular complexity index is 716. The molecule has 1 N–H and O–H groups in total. The third-order valence-corrected chi connectivity index (χ3v) is 4.46. The largest absolute Gasteiger partial charge is 0.368 e. The van der Waals surface area contributed by atoms with Crippen molar-refractivity contribution >= 4 is 5.82 Å². The van der Waals surface area contributed by atoms with Crippen LogP contribution in [0.4, 0.5) is 5.82 Å². The predicted octanol–water partition coefficient (Wildman–Crippen LogP) is 1.31. The summed E-state index contributed by atoms with van der Waals surface area (Å²) in [6, 6.07) is 5.64. The van der Waals surface area contributed by atoms with Crippen molar-refractivity contribution < 1.29 is 0 Å². The van der Waals surface area contributed by atoms with Gasteiger partial charge in [-0.1, -0.05) is 6.42 Å². The minimum atomic E-state index is -0.0411. The summed E-state index contributed by atoms with van der Waals surface area (Å²) in [6.45, 7) is 5.35. The minimum Gasteiger partial charge on any atom is -0.368 e. The summed E-state index contributed by atoms with van der Waals surface area (Å²) in [6.07, 6.45) is 6.86. The molecular weight excluding hydrogens is 304 g/mol. The lowest BCUT2D eigenvalue weighted by molar-refractivity contribution is 0.148. The second-order valence-corrected chi connectivity index (χ2v) is 6.20. The normalized spacial score (nSPS) is 18.5. The zero-order valence-corrected chi connectivity index (χ0v) is 14.1. The smallest absolute Gasteiger partial charge is 0.266 e. The molecule has 24 heavy (non-hydrogen) atoms. The number of piperidine rings is 1. The molecule has 0 saturated carbocycles. The van der Waals surface area contributed by atoms with Gasteiger partial charge in [0.2, 0.25) is 0 Å². The van der Waals surface area contributed by atoms with E-state index in [-0.39, 0.29) is 5.56 Å². The zero-order valence-electron chi connectivity index (χ0n) is 14.1. The summed E-state index contributed by atoms with van der Waals surface area (Å²) in [5, 5.41) is 7.55. The van der Waals surface area contributed by atoms with Gasteiger partial charge < -0.3 is 5.32 Å². The average Bonchev–Trinajstić information content (AvgIpc) is 2.60. The molecule has 1 fully saturated rings. The molecule has 128 valence electrons. The predicted molar refractivity (Wildman–Crippen MR) is 93.0 cm³/mol. The number of nitrogens with one attached hydrogen (secondary N) is 1. The van der Waals surface area contributed by atoms with Crippen LogP contribution in [0.5, 0.6) is 0 Å². The third-order valence-electron chi connectivity index (χ3n) is 4.46. The molecule has 1 aliphatic rings. The Balaban J connectivity index is 1.57. The van der Waals surface area contributed by atoms with Crippen molar-refractivity contribution in [1.29, 1.82) is 0 Å². The summed E-state index contributed by atoms with van der Waals surface area (Å²) in [5.74, 6) is 0.869. The van der Waals surface area contributed by atoms with E-state index < -0.39 is 0 Å². The maximum atomic E-state index is 11.8. The summed E-state index contributed by atoms with van der Waals surface area (Å²) in [7, 11) is 0. The standard InChI is InChI=1S/C17H24N6O/c1-14-11-16(20-13-19-14)18-12-15-5-2-3-8-22(15)9-10-23-17(24)6-4-7-21-23/h4,6-7,11,13,15H,2-3,5,8-10,12H2,1H3,(H,18,19,20). The fraction of sp³-hybridized carbons (Fsp3) is 0.529. The van der Waals surface area contributed by atoms with Crippen molar-refractivity contribution in [1.82, 2.24) is 24.6 Å². The molecule has 1 aliphatic heterocycles. The molecule has 7 heteroatoms. The maximum absolute atomic E-state index is 11.8. The lowest BCUT2D eigenvalue weighted by atomic mass is 10.0. The lowest BCUT2D eigenvalue weighted by Gasteiger charge is -2.35. The molecule has 2 aromatic rings. The molecule has 0 amide bonds. The lowest BCUT2D eigenvalue weighted by Crippen LogP contribution is -2.45. The second-order valence-electron chi connectivity index (χ2n) is 6.20. The Morgan fingerprint density at radius 3 is 3.04 bits per heavy atom. The summed E-state index contributed by atoms with van der Waals surface area (Å²) < 4.78 is 1.53. The molecule has 0 radical (unpaired) electrons. The third kappa shape index (κ3) is 4.38. The van der Waals surface area contributed by atoms with E-state index in [9.17, 15) is 4.79 Å². The van der Waals surface area contributed by atoms with E-state index in [1.165, 1.54) is 17.5 Å². The van der Waals surface area contributed by atoms with Gasteiger partial charge in [0.05, 0.1) is 6.54 Å². The van der Waals surface area contributed by atoms with Crippen LogP contribution in [-0.4, -0.2) is 50.3 Å². The van der Waals surface area contributed by atoms with Gasteiger partial charge in [-0.2, -0.15) is 5.10 Å². The van der Waals surface area contributed by atoms with E-state index in [0.717, 1.165) is 37.6 Å². The molecule has 0 aliphatic carbocycles. The van der Waals surface area contributed by atoms with Gasteiger partial charge in [0.1, 0.15) is 12.1 Å². The molecule has 7 nitrogen and oxygen atoms in total. The molecule has 1 atom stereocenters. The van der Waals surface area contributed by atoms with Crippen LogP contribution >= 0.6 is 0 Å². The van der Waals surface area contributed by atoms with Crippen molar-refractivity contribution in [2.75, 3.05) is 25.0 Å². The zero-order chi connectivity index (χ0) is 16.8. The Morgan fingerprint density at radius 1 is 1.29 bits per heavy atom. The maximum Gasteiger partial charge on any atom is 0.266 e. The highest BCUT2D eigenvalue weighted by Crippen LogP contribution is 2.17. The van der Waals surface area contributed by atoms with E-state index in [4.69, 9.17) is 0 Å². The molecule has 3 heterocycles. The first-order valence-electron chi connectivity index (χ1n) is 8.51. The van der Waals surface area contributed by atoms with Crippen LogP contribution in [0.2, 0.25) is 0 Å². The fourth-order valence-electron chi connectivity index (χ4n) is 3.14. The molecule has 0 bridgehead atoms. The average molecular weight is 328 g/mol. The molecule has 3 rings (SSSR count).